The average Bonchev–Trinajstić information content (AvgIpc) is 2.24. The molecule has 0 aliphatic carbocycles. The zero-order valence-corrected chi connectivity index (χ0v) is 7.43. The lowest BCUT2D eigenvalue weighted by Gasteiger charge is -2.10. The van der Waals surface area contributed by atoms with Crippen LogP contribution in [0.2, 0.25) is 0 Å². The van der Waals surface area contributed by atoms with Crippen LogP contribution in [0.4, 0.5) is 5.69 Å². The summed E-state index contributed by atoms with van der Waals surface area (Å²) in [7, 11) is 0. The van der Waals surface area contributed by atoms with Crippen molar-refractivity contribution in [2.45, 2.75) is 0 Å². The highest BCUT2D eigenvalue weighted by Crippen LogP contribution is 2.24. The van der Waals surface area contributed by atoms with E-state index in [-0.39, 0.29) is 16.8 Å². The minimum atomic E-state index is -0.630. The highest BCUT2D eigenvalue weighted by atomic mass is 16.2. The van der Waals surface area contributed by atoms with E-state index in [2.05, 4.69) is 15.5 Å². The molecule has 6 heteroatoms. The van der Waals surface area contributed by atoms with Crippen LogP contribution in [-0.2, 0) is 4.79 Å². The van der Waals surface area contributed by atoms with Crippen molar-refractivity contribution in [2.75, 3.05) is 5.32 Å². The largest absolute Gasteiger partial charge is 0.328 e. The molecule has 0 spiro atoms. The van der Waals surface area contributed by atoms with Crippen LogP contribution in [0.1, 0.15) is 20.7 Å². The molecule has 0 aromatic heterocycles. The predicted molar refractivity (Wildman–Crippen MR) is 49.6 cm³/mol. The summed E-state index contributed by atoms with van der Waals surface area (Å²) < 4.78 is 0. The molecular weight excluding hydrogens is 198 g/mol. The second-order valence-corrected chi connectivity index (χ2v) is 2.80. The molecule has 1 heterocycles. The van der Waals surface area contributed by atoms with Gasteiger partial charge in [0, 0.05) is 0 Å². The lowest BCUT2D eigenvalue weighted by atomic mass is 10.0. The Kier molecular flexibility index (Phi) is 2.09. The highest BCUT2D eigenvalue weighted by molar-refractivity contribution is 6.14. The first-order valence-corrected chi connectivity index (χ1v) is 4.07. The standard InChI is InChI=1S/C9H5N3O3/c13-4-10-6-3-1-2-5-7(6)9(15)12-11-8(5)14/h1-4H,(H,10,13). The van der Waals surface area contributed by atoms with Gasteiger partial charge in [-0.3, -0.25) is 14.4 Å². The molecule has 15 heavy (non-hydrogen) atoms. The van der Waals surface area contributed by atoms with Gasteiger partial charge in [-0.25, -0.2) is 0 Å². The minimum Gasteiger partial charge on any atom is -0.328 e. The molecule has 0 atom stereocenters. The molecule has 74 valence electrons. The lowest BCUT2D eigenvalue weighted by molar-refractivity contribution is -0.105. The average molecular weight is 203 g/mol. The minimum absolute atomic E-state index is 0.0876. The molecule has 0 saturated carbocycles. The second-order valence-electron chi connectivity index (χ2n) is 2.80. The molecule has 0 bridgehead atoms. The molecule has 6 nitrogen and oxygen atoms in total. The first kappa shape index (κ1) is 9.20. The molecule has 0 saturated heterocycles. The Morgan fingerprint density at radius 2 is 1.87 bits per heavy atom. The first-order valence-electron chi connectivity index (χ1n) is 4.07. The third kappa shape index (κ3) is 1.41. The smallest absolute Gasteiger partial charge is 0.298 e. The van der Waals surface area contributed by atoms with E-state index in [1.165, 1.54) is 12.1 Å². The van der Waals surface area contributed by atoms with Gasteiger partial charge in [0.25, 0.3) is 11.8 Å². The van der Waals surface area contributed by atoms with E-state index in [9.17, 15) is 14.4 Å². The fourth-order valence-corrected chi connectivity index (χ4v) is 1.34. The van der Waals surface area contributed by atoms with Crippen LogP contribution in [0.3, 0.4) is 0 Å². The molecule has 1 aliphatic heterocycles. The van der Waals surface area contributed by atoms with Crippen molar-refractivity contribution in [2.24, 2.45) is 10.2 Å². The summed E-state index contributed by atoms with van der Waals surface area (Å²) in [5.74, 6) is -1.21. The Bertz CT molecular complexity index is 493. The van der Waals surface area contributed by atoms with E-state index in [4.69, 9.17) is 0 Å². The van der Waals surface area contributed by atoms with Crippen molar-refractivity contribution in [3.8, 4) is 0 Å². The normalized spacial score (nSPS) is 13.6. The van der Waals surface area contributed by atoms with Gasteiger partial charge in [-0.15, -0.1) is 10.2 Å². The Hall–Kier alpha value is -2.37. The summed E-state index contributed by atoms with van der Waals surface area (Å²) in [5.41, 5.74) is 0.506. The van der Waals surface area contributed by atoms with Gasteiger partial charge in [0.15, 0.2) is 0 Å². The van der Waals surface area contributed by atoms with Gasteiger partial charge in [-0.1, -0.05) is 6.07 Å². The molecule has 1 aromatic rings. The molecule has 3 amide bonds. The Morgan fingerprint density at radius 3 is 2.60 bits per heavy atom. The van der Waals surface area contributed by atoms with Gasteiger partial charge in [-0.2, -0.15) is 0 Å². The summed E-state index contributed by atoms with van der Waals surface area (Å²) in [5, 5.41) is 8.68. The van der Waals surface area contributed by atoms with Gasteiger partial charge in [-0.05, 0) is 12.1 Å². The van der Waals surface area contributed by atoms with Crippen LogP contribution in [0, 0.1) is 0 Å². The van der Waals surface area contributed by atoms with Crippen LogP contribution < -0.4 is 5.32 Å². The van der Waals surface area contributed by atoms with Gasteiger partial charge >= 0.3 is 0 Å². The number of nitrogens with zero attached hydrogens (tertiary/aromatic N) is 2. The maximum absolute atomic E-state index is 11.4. The van der Waals surface area contributed by atoms with Gasteiger partial charge < -0.3 is 5.32 Å². The number of azo groups is 1. The second kappa shape index (κ2) is 3.41. The van der Waals surface area contributed by atoms with Crippen molar-refractivity contribution in [3.05, 3.63) is 29.3 Å². The van der Waals surface area contributed by atoms with Crippen molar-refractivity contribution in [1.29, 1.82) is 0 Å². The van der Waals surface area contributed by atoms with Gasteiger partial charge in [0.1, 0.15) is 0 Å². The SMILES string of the molecule is O=CNc1cccc2c1C(=O)N=NC2=O. The van der Waals surface area contributed by atoms with Crippen molar-refractivity contribution in [1.82, 2.24) is 0 Å². The van der Waals surface area contributed by atoms with Crippen LogP contribution >= 0.6 is 0 Å². The highest BCUT2D eigenvalue weighted by Gasteiger charge is 2.24. The van der Waals surface area contributed by atoms with E-state index >= 15 is 0 Å². The quantitative estimate of drug-likeness (QED) is 0.727. The lowest BCUT2D eigenvalue weighted by Crippen LogP contribution is -2.14. The number of nitrogens with one attached hydrogen (secondary N) is 1. The van der Waals surface area contributed by atoms with Crippen molar-refractivity contribution in [3.63, 3.8) is 0 Å². The summed E-state index contributed by atoms with van der Waals surface area (Å²) in [4.78, 5) is 32.9. The maximum atomic E-state index is 11.4. The summed E-state index contributed by atoms with van der Waals surface area (Å²) in [6.45, 7) is 0. The first-order chi connectivity index (χ1) is 7.24. The number of rotatable bonds is 2. The van der Waals surface area contributed by atoms with E-state index in [0.717, 1.165) is 0 Å². The third-order valence-corrected chi connectivity index (χ3v) is 1.95. The Morgan fingerprint density at radius 1 is 1.13 bits per heavy atom. The summed E-state index contributed by atoms with van der Waals surface area (Å²) >= 11 is 0. The number of amides is 3. The zero-order valence-electron chi connectivity index (χ0n) is 7.43. The number of hydrogen-bond donors (Lipinski definition) is 1. The molecular formula is C9H5N3O3. The summed E-state index contributed by atoms with van der Waals surface area (Å²) in [6.07, 6.45) is 0.430. The number of benzene rings is 1. The van der Waals surface area contributed by atoms with E-state index in [0.29, 0.717) is 6.41 Å². The predicted octanol–water partition coefficient (Wildman–Crippen LogP) is 1.00. The third-order valence-electron chi connectivity index (χ3n) is 1.95. The topological polar surface area (TPSA) is 88.0 Å². The van der Waals surface area contributed by atoms with Crippen LogP contribution in [0.5, 0.6) is 0 Å². The Balaban J connectivity index is 2.65. The van der Waals surface area contributed by atoms with E-state index in [1.54, 1.807) is 6.07 Å². The number of carbonyl (C=O) groups excluding carboxylic acids is 3. The number of carbonyl (C=O) groups is 3. The fourth-order valence-electron chi connectivity index (χ4n) is 1.34. The molecule has 0 unspecified atom stereocenters. The number of fused-ring (bicyclic) bond motifs is 1. The van der Waals surface area contributed by atoms with Crippen LogP contribution in [0.25, 0.3) is 0 Å². The molecule has 1 aromatic carbocycles. The molecule has 0 fully saturated rings. The van der Waals surface area contributed by atoms with E-state index < -0.39 is 11.8 Å². The molecule has 1 aliphatic rings. The fraction of sp³-hybridized carbons (Fsp3) is 0. The monoisotopic (exact) mass is 203 g/mol. The van der Waals surface area contributed by atoms with E-state index in [1.807, 2.05) is 0 Å². The van der Waals surface area contributed by atoms with Crippen LogP contribution in [0.15, 0.2) is 28.4 Å². The Labute approximate surface area is 84.0 Å². The molecule has 1 N–H and O–H groups in total. The van der Waals surface area contributed by atoms with Crippen molar-refractivity contribution >= 4 is 23.9 Å². The van der Waals surface area contributed by atoms with Crippen molar-refractivity contribution < 1.29 is 14.4 Å². The molecule has 0 radical (unpaired) electrons. The van der Waals surface area contributed by atoms with Gasteiger partial charge in [0.2, 0.25) is 6.41 Å². The summed E-state index contributed by atoms with van der Waals surface area (Å²) in [6, 6.07) is 4.53. The van der Waals surface area contributed by atoms with Gasteiger partial charge in [0.05, 0.1) is 16.8 Å². The zero-order chi connectivity index (χ0) is 10.8. The number of hydrogen-bond acceptors (Lipinski definition) is 3. The van der Waals surface area contributed by atoms with Crippen LogP contribution in [-0.4, -0.2) is 18.2 Å². The number of anilines is 1. The molecule has 2 rings (SSSR count). The maximum Gasteiger partial charge on any atom is 0.298 e.